The molecule has 0 aliphatic carbocycles. The van der Waals surface area contributed by atoms with E-state index in [0.717, 1.165) is 6.54 Å². The van der Waals surface area contributed by atoms with Crippen LogP contribution in [0.15, 0.2) is 42.0 Å². The Balaban J connectivity index is 2.45. The molecule has 1 rings (SSSR count). The van der Waals surface area contributed by atoms with E-state index in [0.29, 0.717) is 6.04 Å². The van der Waals surface area contributed by atoms with Gasteiger partial charge >= 0.3 is 0 Å². The second kappa shape index (κ2) is 8.03. The van der Waals surface area contributed by atoms with E-state index < -0.39 is 0 Å². The van der Waals surface area contributed by atoms with Gasteiger partial charge in [0.05, 0.1) is 0 Å². The molecular formula is C15H23NO2. The van der Waals surface area contributed by atoms with Crippen LogP contribution in [0, 0.1) is 0 Å². The Bertz CT molecular complexity index is 358. The van der Waals surface area contributed by atoms with E-state index in [-0.39, 0.29) is 6.29 Å². The van der Waals surface area contributed by atoms with Crippen LogP contribution in [0.3, 0.4) is 0 Å². The second-order valence-corrected chi connectivity index (χ2v) is 4.37. The summed E-state index contributed by atoms with van der Waals surface area (Å²) in [4.78, 5) is 0. The lowest BCUT2D eigenvalue weighted by atomic mass is 10.1. The first-order valence-corrected chi connectivity index (χ1v) is 6.18. The second-order valence-electron chi connectivity index (χ2n) is 4.37. The SMILES string of the molecule is COC(/C=C(/C)CN[C@@H](C)c1ccccc1)OC. The van der Waals surface area contributed by atoms with Crippen LogP contribution in [0.4, 0.5) is 0 Å². The Morgan fingerprint density at radius 3 is 2.39 bits per heavy atom. The highest BCUT2D eigenvalue weighted by Gasteiger charge is 2.05. The fourth-order valence-electron chi connectivity index (χ4n) is 1.70. The van der Waals surface area contributed by atoms with Crippen molar-refractivity contribution in [3.8, 4) is 0 Å². The normalized spacial score (nSPS) is 13.9. The Hall–Kier alpha value is -1.16. The predicted molar refractivity (Wildman–Crippen MR) is 74.4 cm³/mol. The summed E-state index contributed by atoms with van der Waals surface area (Å²) < 4.78 is 10.3. The van der Waals surface area contributed by atoms with E-state index in [1.807, 2.05) is 12.1 Å². The molecule has 1 aromatic rings. The van der Waals surface area contributed by atoms with E-state index >= 15 is 0 Å². The first-order chi connectivity index (χ1) is 8.67. The fraction of sp³-hybridized carbons (Fsp3) is 0.467. The molecule has 1 aromatic carbocycles. The number of hydrogen-bond donors (Lipinski definition) is 1. The van der Waals surface area contributed by atoms with E-state index in [4.69, 9.17) is 9.47 Å². The lowest BCUT2D eigenvalue weighted by Crippen LogP contribution is -2.21. The summed E-state index contributed by atoms with van der Waals surface area (Å²) in [6.45, 7) is 5.04. The highest BCUT2D eigenvalue weighted by atomic mass is 16.7. The molecule has 0 unspecified atom stereocenters. The van der Waals surface area contributed by atoms with Crippen molar-refractivity contribution in [1.29, 1.82) is 0 Å². The van der Waals surface area contributed by atoms with E-state index in [9.17, 15) is 0 Å². The third-order valence-electron chi connectivity index (χ3n) is 2.87. The standard InChI is InChI=1S/C15H23NO2/c1-12(10-15(17-3)18-4)11-16-13(2)14-8-6-5-7-9-14/h5-10,13,15-16H,11H2,1-4H3/b12-10-/t13-/m0/s1. The van der Waals surface area contributed by atoms with Gasteiger partial charge in [0, 0.05) is 26.8 Å². The van der Waals surface area contributed by atoms with Crippen LogP contribution < -0.4 is 5.32 Å². The number of nitrogens with one attached hydrogen (secondary N) is 1. The van der Waals surface area contributed by atoms with Crippen molar-refractivity contribution in [1.82, 2.24) is 5.32 Å². The van der Waals surface area contributed by atoms with Gasteiger partial charge < -0.3 is 14.8 Å². The Labute approximate surface area is 110 Å². The van der Waals surface area contributed by atoms with Gasteiger partial charge in [0.15, 0.2) is 6.29 Å². The van der Waals surface area contributed by atoms with Crippen LogP contribution in [0.25, 0.3) is 0 Å². The molecule has 0 fully saturated rings. The highest BCUT2D eigenvalue weighted by Crippen LogP contribution is 2.11. The highest BCUT2D eigenvalue weighted by molar-refractivity contribution is 5.18. The summed E-state index contributed by atoms with van der Waals surface area (Å²) in [6.07, 6.45) is 1.71. The van der Waals surface area contributed by atoms with Crippen LogP contribution in [-0.2, 0) is 9.47 Å². The third-order valence-corrected chi connectivity index (χ3v) is 2.87. The number of rotatable bonds is 7. The van der Waals surface area contributed by atoms with Crippen molar-refractivity contribution in [2.75, 3.05) is 20.8 Å². The molecule has 3 heteroatoms. The molecule has 0 radical (unpaired) electrons. The van der Waals surface area contributed by atoms with Crippen LogP contribution in [0.2, 0.25) is 0 Å². The topological polar surface area (TPSA) is 30.5 Å². The minimum absolute atomic E-state index is 0.265. The molecule has 0 aliphatic rings. The summed E-state index contributed by atoms with van der Waals surface area (Å²) in [7, 11) is 3.27. The van der Waals surface area contributed by atoms with Crippen LogP contribution >= 0.6 is 0 Å². The molecule has 0 aliphatic heterocycles. The van der Waals surface area contributed by atoms with Gasteiger partial charge in [0.1, 0.15) is 0 Å². The van der Waals surface area contributed by atoms with Gasteiger partial charge in [0.2, 0.25) is 0 Å². The zero-order chi connectivity index (χ0) is 13.4. The van der Waals surface area contributed by atoms with Gasteiger partial charge in [-0.1, -0.05) is 35.9 Å². The smallest absolute Gasteiger partial charge is 0.176 e. The largest absolute Gasteiger partial charge is 0.352 e. The van der Waals surface area contributed by atoms with Gasteiger partial charge in [0.25, 0.3) is 0 Å². The molecule has 18 heavy (non-hydrogen) atoms. The van der Waals surface area contributed by atoms with E-state index in [2.05, 4.69) is 43.4 Å². The summed E-state index contributed by atoms with van der Waals surface area (Å²) in [5.41, 5.74) is 2.49. The maximum Gasteiger partial charge on any atom is 0.176 e. The molecule has 0 bridgehead atoms. The van der Waals surface area contributed by atoms with Crippen LogP contribution in [0.5, 0.6) is 0 Å². The quantitative estimate of drug-likeness (QED) is 0.595. The van der Waals surface area contributed by atoms with Gasteiger partial charge in [-0.25, -0.2) is 0 Å². The summed E-state index contributed by atoms with van der Waals surface area (Å²) in [6, 6.07) is 10.7. The number of methoxy groups -OCH3 is 2. The molecule has 0 spiro atoms. The zero-order valence-corrected chi connectivity index (χ0v) is 11.6. The molecule has 0 saturated heterocycles. The Kier molecular flexibility index (Phi) is 6.65. The maximum atomic E-state index is 5.14. The van der Waals surface area contributed by atoms with Crippen molar-refractivity contribution < 1.29 is 9.47 Å². The van der Waals surface area contributed by atoms with Gasteiger partial charge in [-0.05, 0) is 25.5 Å². The molecule has 0 aromatic heterocycles. The van der Waals surface area contributed by atoms with Crippen LogP contribution in [0.1, 0.15) is 25.5 Å². The summed E-state index contributed by atoms with van der Waals surface area (Å²) in [5.74, 6) is 0. The molecule has 0 amide bonds. The molecule has 3 nitrogen and oxygen atoms in total. The minimum atomic E-state index is -0.265. The molecule has 1 N–H and O–H groups in total. The average molecular weight is 249 g/mol. The predicted octanol–water partition coefficient (Wildman–Crippen LogP) is 2.90. The Morgan fingerprint density at radius 2 is 1.83 bits per heavy atom. The Morgan fingerprint density at radius 1 is 1.22 bits per heavy atom. The summed E-state index contributed by atoms with van der Waals surface area (Å²) in [5, 5.41) is 3.47. The summed E-state index contributed by atoms with van der Waals surface area (Å²) >= 11 is 0. The molecular weight excluding hydrogens is 226 g/mol. The molecule has 0 heterocycles. The van der Waals surface area contributed by atoms with E-state index in [1.165, 1.54) is 11.1 Å². The number of ether oxygens (including phenoxy) is 2. The zero-order valence-electron chi connectivity index (χ0n) is 11.6. The van der Waals surface area contributed by atoms with E-state index in [1.54, 1.807) is 14.2 Å². The lowest BCUT2D eigenvalue weighted by molar-refractivity contribution is -0.0671. The van der Waals surface area contributed by atoms with Crippen molar-refractivity contribution >= 4 is 0 Å². The van der Waals surface area contributed by atoms with Crippen molar-refractivity contribution in [3.05, 3.63) is 47.5 Å². The van der Waals surface area contributed by atoms with Crippen molar-refractivity contribution in [2.45, 2.75) is 26.2 Å². The molecule has 100 valence electrons. The van der Waals surface area contributed by atoms with Gasteiger partial charge in [-0.15, -0.1) is 0 Å². The number of benzene rings is 1. The van der Waals surface area contributed by atoms with Crippen molar-refractivity contribution in [3.63, 3.8) is 0 Å². The average Bonchev–Trinajstić information content (AvgIpc) is 2.43. The third kappa shape index (κ3) is 5.00. The van der Waals surface area contributed by atoms with Gasteiger partial charge in [-0.2, -0.15) is 0 Å². The monoisotopic (exact) mass is 249 g/mol. The maximum absolute atomic E-state index is 5.14. The van der Waals surface area contributed by atoms with Crippen molar-refractivity contribution in [2.24, 2.45) is 0 Å². The first kappa shape index (κ1) is 14.9. The minimum Gasteiger partial charge on any atom is -0.352 e. The number of hydrogen-bond acceptors (Lipinski definition) is 3. The lowest BCUT2D eigenvalue weighted by Gasteiger charge is -2.15. The fourth-order valence-corrected chi connectivity index (χ4v) is 1.70. The first-order valence-electron chi connectivity index (χ1n) is 6.18. The molecule has 1 atom stereocenters. The molecule has 0 saturated carbocycles. The van der Waals surface area contributed by atoms with Crippen LogP contribution in [-0.4, -0.2) is 27.1 Å². The van der Waals surface area contributed by atoms with Gasteiger partial charge in [-0.3, -0.25) is 0 Å².